The van der Waals surface area contributed by atoms with E-state index >= 15 is 0 Å². The Bertz CT molecular complexity index is 1020. The number of ketones is 1. The number of aryl methyl sites for hydroxylation is 1. The highest BCUT2D eigenvalue weighted by Gasteiger charge is 2.20. The smallest absolute Gasteiger partial charge is 0.272 e. The molecule has 5 heteroatoms. The number of hydrogen-bond acceptors (Lipinski definition) is 4. The molecule has 3 aromatic rings. The largest absolute Gasteiger partial charge is 0.489 e. The van der Waals surface area contributed by atoms with E-state index in [4.69, 9.17) is 10.5 Å². The zero-order chi connectivity index (χ0) is 19.4. The number of hydrogen-bond donors (Lipinski definition) is 2. The Morgan fingerprint density at radius 3 is 2.56 bits per heavy atom. The lowest BCUT2D eigenvalue weighted by Crippen LogP contribution is -2.22. The SMILES string of the molecule is CCc1c(C)[nH]c(=O)c(N)c1C(=O)c1cccc(COc2ccccc2)c1. The van der Waals surface area contributed by atoms with Crippen LogP contribution < -0.4 is 16.0 Å². The van der Waals surface area contributed by atoms with Crippen molar-refractivity contribution in [3.05, 3.63) is 92.9 Å². The standard InChI is InChI=1S/C22H22N2O3/c1-3-18-14(2)24-22(26)20(23)19(18)21(25)16-9-7-8-15(12-16)13-27-17-10-5-4-6-11-17/h4-12H,3,13,23H2,1-2H3,(H,24,26). The highest BCUT2D eigenvalue weighted by molar-refractivity contribution is 6.13. The lowest BCUT2D eigenvalue weighted by Gasteiger charge is -2.13. The van der Waals surface area contributed by atoms with Crippen LogP contribution in [0.3, 0.4) is 0 Å². The first kappa shape index (κ1) is 18.5. The number of carbonyl (C=O) groups is 1. The van der Waals surface area contributed by atoms with Gasteiger partial charge in [0, 0.05) is 11.3 Å². The first-order valence-electron chi connectivity index (χ1n) is 8.84. The fourth-order valence-corrected chi connectivity index (χ4v) is 3.11. The molecule has 0 aliphatic rings. The van der Waals surface area contributed by atoms with E-state index in [2.05, 4.69) is 4.98 Å². The van der Waals surface area contributed by atoms with Crippen LogP contribution in [0.15, 0.2) is 59.4 Å². The van der Waals surface area contributed by atoms with Gasteiger partial charge in [0.25, 0.3) is 5.56 Å². The minimum Gasteiger partial charge on any atom is -0.489 e. The molecule has 0 spiro atoms. The number of nitrogen functional groups attached to an aromatic ring is 1. The third kappa shape index (κ3) is 3.92. The number of carbonyl (C=O) groups excluding carboxylic acids is 1. The Kier molecular flexibility index (Phi) is 5.41. The van der Waals surface area contributed by atoms with Gasteiger partial charge in [-0.05, 0) is 42.7 Å². The predicted molar refractivity (Wildman–Crippen MR) is 106 cm³/mol. The summed E-state index contributed by atoms with van der Waals surface area (Å²) in [6.45, 7) is 4.05. The molecule has 0 amide bonds. The number of ether oxygens (including phenoxy) is 1. The summed E-state index contributed by atoms with van der Waals surface area (Å²) in [5.74, 6) is 0.511. The lowest BCUT2D eigenvalue weighted by atomic mass is 9.94. The molecule has 0 saturated heterocycles. The van der Waals surface area contributed by atoms with Gasteiger partial charge in [0.2, 0.25) is 0 Å². The summed E-state index contributed by atoms with van der Waals surface area (Å²) in [5, 5.41) is 0. The van der Waals surface area contributed by atoms with Gasteiger partial charge in [-0.25, -0.2) is 0 Å². The van der Waals surface area contributed by atoms with E-state index in [0.717, 1.165) is 16.9 Å². The van der Waals surface area contributed by atoms with Gasteiger partial charge < -0.3 is 15.5 Å². The second-order valence-corrected chi connectivity index (χ2v) is 6.33. The maximum absolute atomic E-state index is 13.1. The van der Waals surface area contributed by atoms with Crippen LogP contribution in [0.25, 0.3) is 0 Å². The average Bonchev–Trinajstić information content (AvgIpc) is 2.69. The number of aromatic nitrogens is 1. The first-order valence-corrected chi connectivity index (χ1v) is 8.84. The van der Waals surface area contributed by atoms with Crippen molar-refractivity contribution in [1.82, 2.24) is 4.98 Å². The minimum atomic E-state index is -0.434. The molecule has 27 heavy (non-hydrogen) atoms. The van der Waals surface area contributed by atoms with E-state index in [1.165, 1.54) is 0 Å². The van der Waals surface area contributed by atoms with E-state index in [0.29, 0.717) is 29.8 Å². The lowest BCUT2D eigenvalue weighted by molar-refractivity contribution is 0.103. The second-order valence-electron chi connectivity index (χ2n) is 6.33. The number of anilines is 1. The van der Waals surface area contributed by atoms with Gasteiger partial charge in [0.1, 0.15) is 18.0 Å². The quantitative estimate of drug-likeness (QED) is 0.656. The van der Waals surface area contributed by atoms with Crippen LogP contribution in [-0.4, -0.2) is 10.8 Å². The molecule has 0 fully saturated rings. The van der Waals surface area contributed by atoms with E-state index < -0.39 is 5.56 Å². The molecule has 5 nitrogen and oxygen atoms in total. The van der Waals surface area contributed by atoms with Crippen molar-refractivity contribution in [3.8, 4) is 5.75 Å². The number of rotatable bonds is 6. The number of benzene rings is 2. The molecule has 2 aromatic carbocycles. The number of para-hydroxylation sites is 1. The Labute approximate surface area is 157 Å². The molecule has 0 aliphatic heterocycles. The third-order valence-corrected chi connectivity index (χ3v) is 4.49. The van der Waals surface area contributed by atoms with Crippen LogP contribution in [0.5, 0.6) is 5.75 Å². The van der Waals surface area contributed by atoms with Crippen LogP contribution in [0, 0.1) is 6.92 Å². The van der Waals surface area contributed by atoms with Gasteiger partial charge in [-0.1, -0.05) is 43.3 Å². The van der Waals surface area contributed by atoms with Gasteiger partial charge >= 0.3 is 0 Å². The van der Waals surface area contributed by atoms with Crippen molar-refractivity contribution in [2.45, 2.75) is 26.9 Å². The highest BCUT2D eigenvalue weighted by atomic mass is 16.5. The van der Waals surface area contributed by atoms with E-state index in [1.54, 1.807) is 25.1 Å². The molecule has 1 heterocycles. The van der Waals surface area contributed by atoms with Crippen molar-refractivity contribution in [1.29, 1.82) is 0 Å². The summed E-state index contributed by atoms with van der Waals surface area (Å²) in [4.78, 5) is 27.8. The van der Waals surface area contributed by atoms with Crippen molar-refractivity contribution >= 4 is 11.5 Å². The van der Waals surface area contributed by atoms with E-state index in [9.17, 15) is 9.59 Å². The number of nitrogens with one attached hydrogen (secondary N) is 1. The van der Waals surface area contributed by atoms with Crippen molar-refractivity contribution in [2.24, 2.45) is 0 Å². The third-order valence-electron chi connectivity index (χ3n) is 4.49. The number of nitrogens with two attached hydrogens (primary N) is 1. The predicted octanol–water partition coefficient (Wildman–Crippen LogP) is 3.64. The fourth-order valence-electron chi connectivity index (χ4n) is 3.11. The molecule has 3 N–H and O–H groups in total. The van der Waals surface area contributed by atoms with E-state index in [1.807, 2.05) is 43.3 Å². The summed E-state index contributed by atoms with van der Waals surface area (Å²) < 4.78 is 5.75. The molecule has 0 saturated carbocycles. The number of aromatic amines is 1. The summed E-state index contributed by atoms with van der Waals surface area (Å²) in [5.41, 5.74) is 8.56. The fraction of sp³-hybridized carbons (Fsp3) is 0.182. The van der Waals surface area contributed by atoms with Crippen molar-refractivity contribution in [3.63, 3.8) is 0 Å². The van der Waals surface area contributed by atoms with Crippen molar-refractivity contribution < 1.29 is 9.53 Å². The van der Waals surface area contributed by atoms with Crippen LogP contribution >= 0.6 is 0 Å². The first-order chi connectivity index (χ1) is 13.0. The zero-order valence-corrected chi connectivity index (χ0v) is 15.4. The van der Waals surface area contributed by atoms with Crippen LogP contribution in [0.2, 0.25) is 0 Å². The molecule has 0 atom stereocenters. The molecule has 3 rings (SSSR count). The van der Waals surface area contributed by atoms with Crippen LogP contribution in [-0.2, 0) is 13.0 Å². The van der Waals surface area contributed by atoms with Gasteiger partial charge in [-0.3, -0.25) is 9.59 Å². The Morgan fingerprint density at radius 2 is 1.85 bits per heavy atom. The van der Waals surface area contributed by atoms with Gasteiger partial charge in [-0.15, -0.1) is 0 Å². The molecular formula is C22H22N2O3. The van der Waals surface area contributed by atoms with Gasteiger partial charge in [0.15, 0.2) is 5.78 Å². The van der Waals surface area contributed by atoms with Crippen molar-refractivity contribution in [2.75, 3.05) is 5.73 Å². The minimum absolute atomic E-state index is 0.0339. The van der Waals surface area contributed by atoms with E-state index in [-0.39, 0.29) is 11.5 Å². The molecule has 0 unspecified atom stereocenters. The normalized spacial score (nSPS) is 10.6. The average molecular weight is 362 g/mol. The summed E-state index contributed by atoms with van der Waals surface area (Å²) in [6.07, 6.45) is 0.602. The van der Waals surface area contributed by atoms with Crippen LogP contribution in [0.4, 0.5) is 5.69 Å². The monoisotopic (exact) mass is 362 g/mol. The van der Waals surface area contributed by atoms with Gasteiger partial charge in [0.05, 0.1) is 5.56 Å². The molecule has 1 aromatic heterocycles. The Hall–Kier alpha value is -3.34. The molecular weight excluding hydrogens is 340 g/mol. The topological polar surface area (TPSA) is 85.2 Å². The summed E-state index contributed by atoms with van der Waals surface area (Å²) in [6, 6.07) is 16.7. The van der Waals surface area contributed by atoms with Crippen LogP contribution in [0.1, 0.15) is 39.7 Å². The van der Waals surface area contributed by atoms with Gasteiger partial charge in [-0.2, -0.15) is 0 Å². The maximum Gasteiger partial charge on any atom is 0.272 e. The molecule has 0 radical (unpaired) electrons. The maximum atomic E-state index is 13.1. The zero-order valence-electron chi connectivity index (χ0n) is 15.4. The Morgan fingerprint density at radius 1 is 1.11 bits per heavy atom. The molecule has 0 bridgehead atoms. The molecule has 138 valence electrons. The number of H-pyrrole nitrogens is 1. The number of pyridine rings is 1. The second kappa shape index (κ2) is 7.91. The highest BCUT2D eigenvalue weighted by Crippen LogP contribution is 2.22. The molecule has 0 aliphatic carbocycles. The summed E-state index contributed by atoms with van der Waals surface area (Å²) in [7, 11) is 0. The summed E-state index contributed by atoms with van der Waals surface area (Å²) >= 11 is 0. The Balaban J connectivity index is 1.91.